The number of carbonyl (C=O) groups is 1. The van der Waals surface area contributed by atoms with Crippen LogP contribution < -0.4 is 5.32 Å². The molecule has 1 saturated carbocycles. The number of nitrogens with zero attached hydrogens (tertiary/aromatic N) is 5. The van der Waals surface area contributed by atoms with Gasteiger partial charge in [-0.1, -0.05) is 36.0 Å². The highest BCUT2D eigenvalue weighted by molar-refractivity contribution is 6.43. The lowest BCUT2D eigenvalue weighted by Gasteiger charge is -2.16. The molecule has 0 atom stereocenters. The molecule has 1 saturated heterocycles. The van der Waals surface area contributed by atoms with Crippen molar-refractivity contribution >= 4 is 45.7 Å². The molecule has 2 aliphatic rings. The Bertz CT molecular complexity index is 1120. The number of hydrogen-bond acceptors (Lipinski definition) is 5. The molecular formula is C22H24Cl2N6O. The monoisotopic (exact) mass is 458 g/mol. The minimum atomic E-state index is 0.0917. The van der Waals surface area contributed by atoms with Gasteiger partial charge in [0.25, 0.3) is 0 Å². The van der Waals surface area contributed by atoms with Gasteiger partial charge in [0, 0.05) is 41.7 Å². The molecule has 0 bridgehead atoms. The van der Waals surface area contributed by atoms with Crippen LogP contribution in [0.15, 0.2) is 24.5 Å². The van der Waals surface area contributed by atoms with Crippen molar-refractivity contribution in [2.24, 2.45) is 0 Å². The molecule has 3 aromatic rings. The number of carbonyl (C=O) groups excluding carboxylic acids is 1. The molecule has 1 aliphatic carbocycles. The van der Waals surface area contributed by atoms with Crippen molar-refractivity contribution in [1.82, 2.24) is 24.9 Å². The number of anilines is 1. The van der Waals surface area contributed by atoms with Crippen molar-refractivity contribution in [1.29, 1.82) is 0 Å². The quantitative estimate of drug-likeness (QED) is 0.595. The molecular weight excluding hydrogens is 435 g/mol. The smallest absolute Gasteiger partial charge is 0.244 e. The molecule has 0 unspecified atom stereocenters. The predicted molar refractivity (Wildman–Crippen MR) is 122 cm³/mol. The number of benzene rings is 1. The Kier molecular flexibility index (Phi) is 5.71. The summed E-state index contributed by atoms with van der Waals surface area (Å²) < 4.78 is 1.66. The van der Waals surface area contributed by atoms with Gasteiger partial charge in [0.15, 0.2) is 5.82 Å². The van der Waals surface area contributed by atoms with E-state index < -0.39 is 0 Å². The van der Waals surface area contributed by atoms with Crippen LogP contribution in [0.2, 0.25) is 10.0 Å². The van der Waals surface area contributed by atoms with Gasteiger partial charge >= 0.3 is 0 Å². The van der Waals surface area contributed by atoms with Gasteiger partial charge in [-0.25, -0.2) is 0 Å². The van der Waals surface area contributed by atoms with Gasteiger partial charge < -0.3 is 10.2 Å². The van der Waals surface area contributed by atoms with Crippen molar-refractivity contribution < 1.29 is 4.79 Å². The van der Waals surface area contributed by atoms with Crippen LogP contribution in [0.5, 0.6) is 0 Å². The van der Waals surface area contributed by atoms with Crippen LogP contribution in [0.1, 0.15) is 38.5 Å². The van der Waals surface area contributed by atoms with Crippen LogP contribution in [-0.4, -0.2) is 49.9 Å². The zero-order valence-electron chi connectivity index (χ0n) is 17.2. The number of hydrogen-bond donors (Lipinski definition) is 1. The van der Waals surface area contributed by atoms with Gasteiger partial charge in [0.1, 0.15) is 12.2 Å². The van der Waals surface area contributed by atoms with Crippen LogP contribution in [0.25, 0.3) is 22.0 Å². The molecule has 0 spiro atoms. The Morgan fingerprint density at radius 1 is 1.03 bits per heavy atom. The summed E-state index contributed by atoms with van der Waals surface area (Å²) in [5.41, 5.74) is 1.46. The van der Waals surface area contributed by atoms with Gasteiger partial charge in [0.05, 0.1) is 16.2 Å². The molecule has 3 heterocycles. The third-order valence-corrected chi connectivity index (χ3v) is 6.90. The minimum Gasteiger partial charge on any atom is -0.365 e. The van der Waals surface area contributed by atoms with Gasteiger partial charge in [-0.2, -0.15) is 5.10 Å². The van der Waals surface area contributed by atoms with E-state index in [0.717, 1.165) is 60.9 Å². The second-order valence-electron chi connectivity index (χ2n) is 8.35. The number of likely N-dealkylation sites (tertiary alicyclic amines) is 1. The first-order valence-corrected chi connectivity index (χ1v) is 11.6. The highest BCUT2D eigenvalue weighted by atomic mass is 35.5. The van der Waals surface area contributed by atoms with Crippen molar-refractivity contribution in [2.75, 3.05) is 18.4 Å². The number of halogens is 2. The standard InChI is InChI=1S/C22H24Cl2N6O/c23-18-9-16-17(10-19(18)24)22(26-15-5-1-2-6-15)28-27-21(16)14-11-25-30(12-14)13-20(31)29-7-3-4-8-29/h9-12,15H,1-8,13H2,(H,26,28). The number of amides is 1. The maximum atomic E-state index is 12.5. The molecule has 1 amide bonds. The highest BCUT2D eigenvalue weighted by Crippen LogP contribution is 2.36. The third-order valence-electron chi connectivity index (χ3n) is 6.18. The van der Waals surface area contributed by atoms with Crippen molar-refractivity contribution in [3.8, 4) is 11.3 Å². The average molecular weight is 459 g/mol. The molecule has 5 rings (SSSR count). The van der Waals surface area contributed by atoms with E-state index in [4.69, 9.17) is 23.2 Å². The van der Waals surface area contributed by atoms with Gasteiger partial charge in [-0.15, -0.1) is 10.2 Å². The Balaban J connectivity index is 1.47. The summed E-state index contributed by atoms with van der Waals surface area (Å²) in [5, 5.41) is 19.6. The Morgan fingerprint density at radius 2 is 1.74 bits per heavy atom. The minimum absolute atomic E-state index is 0.0917. The first kappa shape index (κ1) is 20.5. The number of rotatable bonds is 5. The van der Waals surface area contributed by atoms with E-state index in [1.54, 1.807) is 10.9 Å². The Morgan fingerprint density at radius 3 is 2.48 bits per heavy atom. The molecule has 9 heteroatoms. The number of aromatic nitrogens is 4. The maximum absolute atomic E-state index is 12.5. The summed E-state index contributed by atoms with van der Waals surface area (Å²) in [6.07, 6.45) is 10.4. The fourth-order valence-electron chi connectivity index (χ4n) is 4.51. The van der Waals surface area contributed by atoms with E-state index in [1.807, 2.05) is 23.2 Å². The lowest BCUT2D eigenvalue weighted by atomic mass is 10.1. The van der Waals surface area contributed by atoms with Crippen molar-refractivity contribution in [3.63, 3.8) is 0 Å². The highest BCUT2D eigenvalue weighted by Gasteiger charge is 2.21. The second kappa shape index (κ2) is 8.63. The second-order valence-corrected chi connectivity index (χ2v) is 9.16. The third kappa shape index (κ3) is 4.21. The van der Waals surface area contributed by atoms with Crippen molar-refractivity contribution in [3.05, 3.63) is 34.6 Å². The van der Waals surface area contributed by atoms with Crippen LogP contribution in [-0.2, 0) is 11.3 Å². The topological polar surface area (TPSA) is 75.9 Å². The Hall–Kier alpha value is -2.38. The molecule has 1 aromatic carbocycles. The fourth-order valence-corrected chi connectivity index (χ4v) is 4.83. The van der Waals surface area contributed by atoms with Gasteiger partial charge in [0.2, 0.25) is 5.91 Å². The molecule has 31 heavy (non-hydrogen) atoms. The van der Waals surface area contributed by atoms with E-state index >= 15 is 0 Å². The lowest BCUT2D eigenvalue weighted by Crippen LogP contribution is -2.31. The first-order valence-electron chi connectivity index (χ1n) is 10.8. The van der Waals surface area contributed by atoms with E-state index in [1.165, 1.54) is 12.8 Å². The molecule has 1 aliphatic heterocycles. The number of nitrogens with one attached hydrogen (secondary N) is 1. The summed E-state index contributed by atoms with van der Waals surface area (Å²) in [6.45, 7) is 1.88. The molecule has 0 radical (unpaired) electrons. The van der Waals surface area contributed by atoms with E-state index in [0.29, 0.717) is 21.8 Å². The SMILES string of the molecule is O=C(Cn1cc(-c2nnc(NC3CCCC3)c3cc(Cl)c(Cl)cc23)cn1)N1CCCC1. The zero-order valence-corrected chi connectivity index (χ0v) is 18.7. The summed E-state index contributed by atoms with van der Waals surface area (Å²) in [4.78, 5) is 14.4. The van der Waals surface area contributed by atoms with Crippen LogP contribution in [0.3, 0.4) is 0 Å². The normalized spacial score (nSPS) is 17.0. The first-order chi connectivity index (χ1) is 15.1. The lowest BCUT2D eigenvalue weighted by molar-refractivity contribution is -0.130. The molecule has 2 fully saturated rings. The molecule has 162 valence electrons. The molecule has 1 N–H and O–H groups in total. The molecule has 2 aromatic heterocycles. The van der Waals surface area contributed by atoms with E-state index in [9.17, 15) is 4.79 Å². The summed E-state index contributed by atoms with van der Waals surface area (Å²) >= 11 is 12.7. The van der Waals surface area contributed by atoms with Crippen LogP contribution in [0, 0.1) is 0 Å². The average Bonchev–Trinajstić information content (AvgIpc) is 3.52. The summed E-state index contributed by atoms with van der Waals surface area (Å²) in [5.74, 6) is 0.815. The summed E-state index contributed by atoms with van der Waals surface area (Å²) in [7, 11) is 0. The van der Waals surface area contributed by atoms with E-state index in [2.05, 4.69) is 20.6 Å². The van der Waals surface area contributed by atoms with Gasteiger partial charge in [-0.3, -0.25) is 9.48 Å². The predicted octanol–water partition coefficient (Wildman–Crippen LogP) is 4.78. The summed E-state index contributed by atoms with van der Waals surface area (Å²) in [6, 6.07) is 4.07. The Labute approximate surface area is 190 Å². The van der Waals surface area contributed by atoms with Crippen LogP contribution in [0.4, 0.5) is 5.82 Å². The van der Waals surface area contributed by atoms with Crippen molar-refractivity contribution in [2.45, 2.75) is 51.1 Å². The number of fused-ring (bicyclic) bond motifs is 1. The van der Waals surface area contributed by atoms with Crippen LogP contribution >= 0.6 is 23.2 Å². The van der Waals surface area contributed by atoms with E-state index in [-0.39, 0.29) is 12.5 Å². The zero-order chi connectivity index (χ0) is 21.4. The van der Waals surface area contributed by atoms with Gasteiger partial charge in [-0.05, 0) is 37.8 Å². The molecule has 7 nitrogen and oxygen atoms in total. The fraction of sp³-hybridized carbons (Fsp3) is 0.455. The largest absolute Gasteiger partial charge is 0.365 e. The maximum Gasteiger partial charge on any atom is 0.244 e.